The van der Waals surface area contributed by atoms with Gasteiger partial charge in [0, 0.05) is 30.8 Å². The third-order valence-electron chi connectivity index (χ3n) is 5.06. The Hall–Kier alpha value is -3.20. The van der Waals surface area contributed by atoms with Gasteiger partial charge in [0.25, 0.3) is 0 Å². The molecule has 3 amide bonds. The summed E-state index contributed by atoms with van der Waals surface area (Å²) in [5.41, 5.74) is 7.92. The van der Waals surface area contributed by atoms with Gasteiger partial charge >= 0.3 is 6.03 Å². The minimum Gasteiger partial charge on any atom is -0.479 e. The van der Waals surface area contributed by atoms with Crippen molar-refractivity contribution in [3.05, 3.63) is 36.5 Å². The number of nitrogens with two attached hydrogens (primary N) is 1. The number of fused-ring (bicyclic) bond motifs is 1. The molecule has 1 fully saturated rings. The topological polar surface area (TPSA) is 110 Å². The monoisotopic (exact) mass is 411 g/mol. The second-order valence-corrected chi connectivity index (χ2v) is 7.84. The van der Waals surface area contributed by atoms with Gasteiger partial charge < -0.3 is 15.4 Å². The lowest BCUT2D eigenvalue weighted by molar-refractivity contribution is -0.122. The Balaban J connectivity index is 1.59. The van der Waals surface area contributed by atoms with Crippen LogP contribution >= 0.6 is 11.3 Å². The summed E-state index contributed by atoms with van der Waals surface area (Å²) in [7, 11) is 1.55. The standard InChI is InChI=1S/C20H21N5O3S/c1-28-18-15-16(14(11-22-18)12-5-3-2-4-6-12)29-19(23-15)24-20(27)25-9-7-13(8-10-25)17(21)26/h2-6,11,13H,7-10H2,1H3,(H2,21,26)(H,23,24,27). The maximum absolute atomic E-state index is 12.6. The number of piperidine rings is 1. The number of anilines is 1. The summed E-state index contributed by atoms with van der Waals surface area (Å²) >= 11 is 1.38. The molecule has 1 aliphatic heterocycles. The van der Waals surface area contributed by atoms with Crippen LogP contribution in [0.25, 0.3) is 21.3 Å². The van der Waals surface area contributed by atoms with Crippen molar-refractivity contribution in [1.29, 1.82) is 0 Å². The van der Waals surface area contributed by atoms with Crippen LogP contribution in [0.3, 0.4) is 0 Å². The molecule has 9 heteroatoms. The molecule has 0 aliphatic carbocycles. The molecule has 150 valence electrons. The third-order valence-corrected chi connectivity index (χ3v) is 6.07. The number of nitrogens with zero attached hydrogens (tertiary/aromatic N) is 3. The molecule has 3 heterocycles. The lowest BCUT2D eigenvalue weighted by Crippen LogP contribution is -2.43. The molecule has 29 heavy (non-hydrogen) atoms. The molecule has 0 atom stereocenters. The molecule has 1 aliphatic rings. The molecule has 0 unspecified atom stereocenters. The minimum absolute atomic E-state index is 0.162. The van der Waals surface area contributed by atoms with Crippen molar-refractivity contribution >= 4 is 38.6 Å². The zero-order valence-corrected chi connectivity index (χ0v) is 16.7. The molecule has 0 bridgehead atoms. The first kappa shape index (κ1) is 19.1. The Bertz CT molecular complexity index is 1040. The summed E-state index contributed by atoms with van der Waals surface area (Å²) in [5, 5.41) is 3.35. The molecule has 3 aromatic rings. The molecule has 0 saturated carbocycles. The second kappa shape index (κ2) is 8.04. The highest BCUT2D eigenvalue weighted by Gasteiger charge is 2.26. The van der Waals surface area contributed by atoms with Gasteiger partial charge in [-0.25, -0.2) is 14.8 Å². The maximum Gasteiger partial charge on any atom is 0.323 e. The largest absolute Gasteiger partial charge is 0.479 e. The summed E-state index contributed by atoms with van der Waals surface area (Å²) in [6, 6.07) is 9.65. The van der Waals surface area contributed by atoms with Crippen LogP contribution in [0.2, 0.25) is 0 Å². The molecule has 8 nitrogen and oxygen atoms in total. The van der Waals surface area contributed by atoms with E-state index >= 15 is 0 Å². The van der Waals surface area contributed by atoms with E-state index in [1.54, 1.807) is 18.2 Å². The second-order valence-electron chi connectivity index (χ2n) is 6.84. The highest BCUT2D eigenvalue weighted by Crippen LogP contribution is 2.38. The van der Waals surface area contributed by atoms with Crippen LogP contribution in [-0.4, -0.2) is 47.0 Å². The van der Waals surface area contributed by atoms with E-state index in [1.807, 2.05) is 30.3 Å². The van der Waals surface area contributed by atoms with Crippen LogP contribution in [0.4, 0.5) is 9.93 Å². The predicted molar refractivity (Wildman–Crippen MR) is 112 cm³/mol. The van der Waals surface area contributed by atoms with Gasteiger partial charge in [-0.1, -0.05) is 41.7 Å². The number of methoxy groups -OCH3 is 1. The van der Waals surface area contributed by atoms with Gasteiger partial charge in [0.05, 0.1) is 11.8 Å². The number of hydrogen-bond donors (Lipinski definition) is 2. The Morgan fingerprint density at radius 2 is 1.97 bits per heavy atom. The van der Waals surface area contributed by atoms with Crippen LogP contribution in [0, 0.1) is 5.92 Å². The summed E-state index contributed by atoms with van der Waals surface area (Å²) in [4.78, 5) is 34.5. The van der Waals surface area contributed by atoms with E-state index in [2.05, 4.69) is 15.3 Å². The molecule has 1 saturated heterocycles. The van der Waals surface area contributed by atoms with E-state index < -0.39 is 0 Å². The van der Waals surface area contributed by atoms with Gasteiger partial charge in [-0.2, -0.15) is 0 Å². The van der Waals surface area contributed by atoms with E-state index in [-0.39, 0.29) is 17.9 Å². The molecular formula is C20H21N5O3S. The molecule has 0 spiro atoms. The maximum atomic E-state index is 12.6. The average Bonchev–Trinajstić information content (AvgIpc) is 3.17. The van der Waals surface area contributed by atoms with Crippen molar-refractivity contribution in [2.45, 2.75) is 12.8 Å². The zero-order valence-electron chi connectivity index (χ0n) is 15.9. The number of rotatable bonds is 4. The molecule has 4 rings (SSSR count). The number of carbonyl (C=O) groups excluding carboxylic acids is 2. The van der Waals surface area contributed by atoms with E-state index in [0.717, 1.165) is 15.8 Å². The quantitative estimate of drug-likeness (QED) is 0.685. The zero-order chi connectivity index (χ0) is 20.4. The highest BCUT2D eigenvalue weighted by molar-refractivity contribution is 7.23. The van der Waals surface area contributed by atoms with Crippen LogP contribution in [-0.2, 0) is 4.79 Å². The fourth-order valence-electron chi connectivity index (χ4n) is 3.45. The first-order chi connectivity index (χ1) is 14.1. The van der Waals surface area contributed by atoms with Gasteiger partial charge in [-0.3, -0.25) is 10.1 Å². The van der Waals surface area contributed by atoms with Crippen molar-refractivity contribution in [3.63, 3.8) is 0 Å². The highest BCUT2D eigenvalue weighted by atomic mass is 32.1. The van der Waals surface area contributed by atoms with Gasteiger partial charge in [0.1, 0.15) is 5.52 Å². The van der Waals surface area contributed by atoms with Crippen molar-refractivity contribution < 1.29 is 14.3 Å². The van der Waals surface area contributed by atoms with Crippen LogP contribution in [0.1, 0.15) is 12.8 Å². The van der Waals surface area contributed by atoms with Crippen LogP contribution in [0.15, 0.2) is 36.5 Å². The number of aromatic nitrogens is 2. The van der Waals surface area contributed by atoms with Crippen molar-refractivity contribution in [2.75, 3.05) is 25.5 Å². The predicted octanol–water partition coefficient (Wildman–Crippen LogP) is 3.10. The number of ether oxygens (including phenoxy) is 1. The smallest absolute Gasteiger partial charge is 0.323 e. The van der Waals surface area contributed by atoms with Gasteiger partial charge in [0.15, 0.2) is 5.13 Å². The summed E-state index contributed by atoms with van der Waals surface area (Å²) in [6.45, 7) is 0.981. The number of urea groups is 1. The lowest BCUT2D eigenvalue weighted by atomic mass is 9.96. The normalized spacial score (nSPS) is 14.7. The van der Waals surface area contributed by atoms with Gasteiger partial charge in [-0.15, -0.1) is 0 Å². The van der Waals surface area contributed by atoms with Gasteiger partial charge in [0.2, 0.25) is 11.8 Å². The fraction of sp³-hybridized carbons (Fsp3) is 0.300. The third kappa shape index (κ3) is 3.86. The number of nitrogens with one attached hydrogen (secondary N) is 1. The lowest BCUT2D eigenvalue weighted by Gasteiger charge is -2.30. The van der Waals surface area contributed by atoms with E-state index in [9.17, 15) is 9.59 Å². The summed E-state index contributed by atoms with van der Waals surface area (Å²) in [5.74, 6) is -0.0479. The number of likely N-dealkylation sites (tertiary alicyclic amines) is 1. The van der Waals surface area contributed by atoms with Crippen molar-refractivity contribution in [2.24, 2.45) is 11.7 Å². The Kier molecular flexibility index (Phi) is 5.30. The Labute approximate surface area is 171 Å². The SMILES string of the molecule is COc1ncc(-c2ccccc2)c2sc(NC(=O)N3CCC(C(N)=O)CC3)nc12. The van der Waals surface area contributed by atoms with E-state index in [1.165, 1.54) is 11.3 Å². The molecule has 2 aromatic heterocycles. The number of carbonyl (C=O) groups is 2. The van der Waals surface area contributed by atoms with Crippen molar-refractivity contribution in [1.82, 2.24) is 14.9 Å². The average molecular weight is 411 g/mol. The fourth-order valence-corrected chi connectivity index (χ4v) is 4.43. The number of benzene rings is 1. The van der Waals surface area contributed by atoms with E-state index in [4.69, 9.17) is 10.5 Å². The molecule has 1 aromatic carbocycles. The number of hydrogen-bond acceptors (Lipinski definition) is 6. The van der Waals surface area contributed by atoms with Crippen LogP contribution in [0.5, 0.6) is 5.88 Å². The molecule has 0 radical (unpaired) electrons. The summed E-state index contributed by atoms with van der Waals surface area (Å²) in [6.07, 6.45) is 2.92. The molecular weight excluding hydrogens is 390 g/mol. The number of thiazole rings is 1. The van der Waals surface area contributed by atoms with Gasteiger partial charge in [-0.05, 0) is 18.4 Å². The minimum atomic E-state index is -0.302. The first-order valence-electron chi connectivity index (χ1n) is 9.31. The molecule has 3 N–H and O–H groups in total. The number of amides is 3. The summed E-state index contributed by atoms with van der Waals surface area (Å²) < 4.78 is 6.25. The van der Waals surface area contributed by atoms with Crippen molar-refractivity contribution in [3.8, 4) is 17.0 Å². The Morgan fingerprint density at radius 1 is 1.24 bits per heavy atom. The van der Waals surface area contributed by atoms with Crippen LogP contribution < -0.4 is 15.8 Å². The van der Waals surface area contributed by atoms with E-state index in [0.29, 0.717) is 42.5 Å². The Morgan fingerprint density at radius 3 is 2.62 bits per heavy atom. The first-order valence-corrected chi connectivity index (χ1v) is 10.1. The number of primary amides is 1. The number of pyridine rings is 1.